The Hall–Kier alpha value is -2.26. The maximum atomic E-state index is 6.25. The van der Waals surface area contributed by atoms with E-state index in [2.05, 4.69) is 63.4 Å². The number of nitrogens with one attached hydrogen (secondary N) is 1. The van der Waals surface area contributed by atoms with Crippen molar-refractivity contribution in [2.45, 2.75) is 45.9 Å². The second-order valence-electron chi connectivity index (χ2n) is 7.44. The first-order valence-corrected chi connectivity index (χ1v) is 9.03. The predicted molar refractivity (Wildman–Crippen MR) is 103 cm³/mol. The topological polar surface area (TPSA) is 30.5 Å². The smallest absolute Gasteiger partial charge is 0.228 e. The summed E-state index contributed by atoms with van der Waals surface area (Å²) in [4.78, 5) is 0. The van der Waals surface area contributed by atoms with Crippen LogP contribution in [0, 0.1) is 0 Å². The molecule has 0 saturated heterocycles. The van der Waals surface area contributed by atoms with Crippen LogP contribution < -0.4 is 10.1 Å². The lowest BCUT2D eigenvalue weighted by molar-refractivity contribution is -0.0848. The van der Waals surface area contributed by atoms with Crippen LogP contribution in [0.25, 0.3) is 16.7 Å². The van der Waals surface area contributed by atoms with Crippen molar-refractivity contribution in [1.82, 2.24) is 0 Å². The molecule has 0 saturated carbocycles. The molecule has 0 bridgehead atoms. The van der Waals surface area contributed by atoms with E-state index in [-0.39, 0.29) is 11.8 Å². The first-order valence-electron chi connectivity index (χ1n) is 9.03. The molecule has 0 fully saturated rings. The Morgan fingerprint density at radius 2 is 1.92 bits per heavy atom. The van der Waals surface area contributed by atoms with Gasteiger partial charge in [0.15, 0.2) is 0 Å². The molecule has 0 amide bonds. The number of anilines is 1. The molecule has 0 aromatic heterocycles. The van der Waals surface area contributed by atoms with Crippen LogP contribution in [0.3, 0.4) is 0 Å². The van der Waals surface area contributed by atoms with Crippen LogP contribution in [-0.4, -0.2) is 12.1 Å². The van der Waals surface area contributed by atoms with Crippen molar-refractivity contribution >= 4 is 11.3 Å². The molecule has 1 atom stereocenters. The number of ether oxygens (including phenoxy) is 2. The summed E-state index contributed by atoms with van der Waals surface area (Å²) < 4.78 is 12.4. The third-order valence-electron chi connectivity index (χ3n) is 4.79. The Kier molecular flexibility index (Phi) is 3.84. The third-order valence-corrected chi connectivity index (χ3v) is 4.79. The SMILES string of the molecule is CCCO[C@@H]1Oc2ccccc2-c2ccc3c(c21)C(C)=CC(C)(C)N3. The van der Waals surface area contributed by atoms with Gasteiger partial charge in [-0.15, -0.1) is 0 Å². The van der Waals surface area contributed by atoms with Crippen LogP contribution in [0.1, 0.15) is 51.5 Å². The Balaban J connectivity index is 1.94. The van der Waals surface area contributed by atoms with Crippen LogP contribution in [0.4, 0.5) is 5.69 Å². The van der Waals surface area contributed by atoms with Gasteiger partial charge in [0.2, 0.25) is 6.29 Å². The Bertz CT molecular complexity index is 851. The molecule has 130 valence electrons. The highest BCUT2D eigenvalue weighted by molar-refractivity contribution is 5.89. The third kappa shape index (κ3) is 2.73. The molecule has 2 aromatic rings. The zero-order valence-corrected chi connectivity index (χ0v) is 15.3. The maximum Gasteiger partial charge on any atom is 0.228 e. The zero-order chi connectivity index (χ0) is 17.6. The fourth-order valence-electron chi connectivity index (χ4n) is 3.93. The summed E-state index contributed by atoms with van der Waals surface area (Å²) in [5.41, 5.74) is 7.05. The molecular formula is C22H25NO2. The molecule has 1 N–H and O–H groups in total. The zero-order valence-electron chi connectivity index (χ0n) is 15.3. The molecule has 3 nitrogen and oxygen atoms in total. The number of fused-ring (bicyclic) bond motifs is 5. The van der Waals surface area contributed by atoms with Crippen LogP contribution in [0.5, 0.6) is 5.75 Å². The molecule has 0 aliphatic carbocycles. The largest absolute Gasteiger partial charge is 0.460 e. The first kappa shape index (κ1) is 16.2. The number of para-hydroxylation sites is 1. The fraction of sp³-hybridized carbons (Fsp3) is 0.364. The fourth-order valence-corrected chi connectivity index (χ4v) is 3.93. The minimum absolute atomic E-state index is 0.0570. The molecule has 4 rings (SSSR count). The van der Waals surface area contributed by atoms with Crippen LogP contribution in [-0.2, 0) is 4.74 Å². The second kappa shape index (κ2) is 5.92. The molecule has 2 heterocycles. The number of benzene rings is 2. The van der Waals surface area contributed by atoms with Gasteiger partial charge in [-0.3, -0.25) is 0 Å². The molecule has 0 unspecified atom stereocenters. The van der Waals surface area contributed by atoms with Crippen molar-refractivity contribution in [3.05, 3.63) is 53.6 Å². The van der Waals surface area contributed by atoms with E-state index in [9.17, 15) is 0 Å². The molecule has 0 radical (unpaired) electrons. The van der Waals surface area contributed by atoms with Gasteiger partial charge in [0.1, 0.15) is 5.75 Å². The van der Waals surface area contributed by atoms with Gasteiger partial charge in [0.05, 0.1) is 12.1 Å². The van der Waals surface area contributed by atoms with Crippen molar-refractivity contribution in [3.8, 4) is 16.9 Å². The summed E-state index contributed by atoms with van der Waals surface area (Å²) in [6.45, 7) is 9.36. The molecule has 2 aliphatic heterocycles. The lowest BCUT2D eigenvalue weighted by atomic mass is 9.84. The summed E-state index contributed by atoms with van der Waals surface area (Å²) >= 11 is 0. The summed E-state index contributed by atoms with van der Waals surface area (Å²) in [6.07, 6.45) is 2.88. The van der Waals surface area contributed by atoms with E-state index >= 15 is 0 Å². The molecule has 2 aliphatic rings. The summed E-state index contributed by atoms with van der Waals surface area (Å²) in [5.74, 6) is 0.891. The summed E-state index contributed by atoms with van der Waals surface area (Å²) in [6, 6.07) is 12.6. The van der Waals surface area contributed by atoms with E-state index in [0.29, 0.717) is 6.61 Å². The van der Waals surface area contributed by atoms with E-state index in [1.54, 1.807) is 0 Å². The average Bonchev–Trinajstić information content (AvgIpc) is 2.57. The van der Waals surface area contributed by atoms with E-state index in [1.165, 1.54) is 16.7 Å². The van der Waals surface area contributed by atoms with Crippen molar-refractivity contribution in [3.63, 3.8) is 0 Å². The van der Waals surface area contributed by atoms with Gasteiger partial charge < -0.3 is 14.8 Å². The monoisotopic (exact) mass is 335 g/mol. The van der Waals surface area contributed by atoms with Gasteiger partial charge in [-0.25, -0.2) is 0 Å². The van der Waals surface area contributed by atoms with Gasteiger partial charge in [-0.1, -0.05) is 37.3 Å². The van der Waals surface area contributed by atoms with E-state index in [4.69, 9.17) is 9.47 Å². The summed E-state index contributed by atoms with van der Waals surface area (Å²) in [7, 11) is 0. The number of allylic oxidation sites excluding steroid dienone is 1. The van der Waals surface area contributed by atoms with Gasteiger partial charge in [0.25, 0.3) is 0 Å². The standard InChI is InChI=1S/C22H25NO2/c1-5-12-24-21-20-16(15-8-6-7-9-18(15)25-21)10-11-17-19(20)14(2)13-22(3,4)23-17/h6-11,13,21,23H,5,12H2,1-4H3/t21-/m1/s1. The maximum absolute atomic E-state index is 6.25. The van der Waals surface area contributed by atoms with Crippen LogP contribution in [0.15, 0.2) is 42.5 Å². The van der Waals surface area contributed by atoms with Gasteiger partial charge >= 0.3 is 0 Å². The number of hydrogen-bond acceptors (Lipinski definition) is 3. The van der Waals surface area contributed by atoms with Gasteiger partial charge in [-0.05, 0) is 50.5 Å². The van der Waals surface area contributed by atoms with Crippen molar-refractivity contribution in [1.29, 1.82) is 0 Å². The highest BCUT2D eigenvalue weighted by Crippen LogP contribution is 2.49. The Morgan fingerprint density at radius 3 is 2.72 bits per heavy atom. The molecule has 0 spiro atoms. The van der Waals surface area contributed by atoms with E-state index in [1.807, 2.05) is 12.1 Å². The normalized spacial score (nSPS) is 19.7. The Labute approximate surface area is 149 Å². The Morgan fingerprint density at radius 1 is 1.12 bits per heavy atom. The predicted octanol–water partition coefficient (Wildman–Crippen LogP) is 5.78. The average molecular weight is 335 g/mol. The molecule has 25 heavy (non-hydrogen) atoms. The number of rotatable bonds is 3. The van der Waals surface area contributed by atoms with Gasteiger partial charge in [-0.2, -0.15) is 0 Å². The van der Waals surface area contributed by atoms with Gasteiger partial charge in [0, 0.05) is 22.4 Å². The lowest BCUT2D eigenvalue weighted by Crippen LogP contribution is -2.32. The van der Waals surface area contributed by atoms with Crippen molar-refractivity contribution in [2.24, 2.45) is 0 Å². The quantitative estimate of drug-likeness (QED) is 0.771. The van der Waals surface area contributed by atoms with E-state index < -0.39 is 0 Å². The minimum Gasteiger partial charge on any atom is -0.460 e. The highest BCUT2D eigenvalue weighted by Gasteiger charge is 2.33. The van der Waals surface area contributed by atoms with Crippen LogP contribution >= 0.6 is 0 Å². The molecule has 3 heteroatoms. The van der Waals surface area contributed by atoms with Crippen LogP contribution in [0.2, 0.25) is 0 Å². The molecular weight excluding hydrogens is 310 g/mol. The first-order chi connectivity index (χ1) is 12.0. The van der Waals surface area contributed by atoms with Crippen molar-refractivity contribution < 1.29 is 9.47 Å². The minimum atomic E-state index is -0.369. The van der Waals surface area contributed by atoms with Crippen molar-refractivity contribution in [2.75, 3.05) is 11.9 Å². The van der Waals surface area contributed by atoms with E-state index in [0.717, 1.165) is 29.0 Å². The lowest BCUT2D eigenvalue weighted by Gasteiger charge is -2.36. The second-order valence-corrected chi connectivity index (χ2v) is 7.44. The summed E-state index contributed by atoms with van der Waals surface area (Å²) in [5, 5.41) is 3.63. The number of hydrogen-bond donors (Lipinski definition) is 1. The molecule has 2 aromatic carbocycles. The highest BCUT2D eigenvalue weighted by atomic mass is 16.7.